The molecule has 5 heteroatoms. The molecular formula is C12H17N3O2. The number of hydrogen-bond acceptors (Lipinski definition) is 4. The number of amides is 1. The monoisotopic (exact) mass is 235 g/mol. The van der Waals surface area contributed by atoms with Crippen LogP contribution in [0.5, 0.6) is 0 Å². The highest BCUT2D eigenvalue weighted by molar-refractivity contribution is 5.99. The topological polar surface area (TPSA) is 92.6 Å². The van der Waals surface area contributed by atoms with E-state index in [4.69, 9.17) is 16.6 Å². The minimum atomic E-state index is -0.490. The highest BCUT2D eigenvalue weighted by Crippen LogP contribution is 2.33. The molecule has 1 fully saturated rings. The van der Waals surface area contributed by atoms with Crippen LogP contribution in [-0.2, 0) is 0 Å². The molecule has 0 atom stereocenters. The third kappa shape index (κ3) is 2.50. The Kier molecular flexibility index (Phi) is 3.19. The van der Waals surface area contributed by atoms with Crippen LogP contribution in [0.2, 0.25) is 0 Å². The Balaban J connectivity index is 2.37. The summed E-state index contributed by atoms with van der Waals surface area (Å²) in [7, 11) is 0. The molecule has 1 amide bonds. The third-order valence-corrected chi connectivity index (χ3v) is 2.92. The van der Waals surface area contributed by atoms with E-state index in [0.717, 1.165) is 18.5 Å². The van der Waals surface area contributed by atoms with Crippen LogP contribution in [-0.4, -0.2) is 30.2 Å². The minimum absolute atomic E-state index is 0.0546. The lowest BCUT2D eigenvalue weighted by Gasteiger charge is -2.25. The molecular weight excluding hydrogens is 218 g/mol. The fraction of sp³-hybridized carbons (Fsp3) is 0.417. The van der Waals surface area contributed by atoms with E-state index in [9.17, 15) is 4.79 Å². The van der Waals surface area contributed by atoms with Gasteiger partial charge in [0.25, 0.3) is 5.91 Å². The SMILES string of the molecule is NC(=O)c1cc(N)ccc1N(CCO)C1CC1. The van der Waals surface area contributed by atoms with E-state index < -0.39 is 5.91 Å². The summed E-state index contributed by atoms with van der Waals surface area (Å²) < 4.78 is 0. The van der Waals surface area contributed by atoms with Gasteiger partial charge in [0, 0.05) is 24.0 Å². The number of nitrogen functional groups attached to an aromatic ring is 1. The van der Waals surface area contributed by atoms with Gasteiger partial charge < -0.3 is 21.5 Å². The number of nitrogens with two attached hydrogens (primary N) is 2. The predicted octanol–water partition coefficient (Wildman–Crippen LogP) is 0.329. The van der Waals surface area contributed by atoms with E-state index in [1.54, 1.807) is 18.2 Å². The van der Waals surface area contributed by atoms with Gasteiger partial charge in [0.05, 0.1) is 12.2 Å². The molecule has 0 unspecified atom stereocenters. The molecule has 1 aromatic rings. The maximum atomic E-state index is 11.4. The molecule has 17 heavy (non-hydrogen) atoms. The van der Waals surface area contributed by atoms with Gasteiger partial charge in [-0.2, -0.15) is 0 Å². The molecule has 0 heterocycles. The van der Waals surface area contributed by atoms with Crippen molar-refractivity contribution in [3.63, 3.8) is 0 Å². The number of nitrogens with zero attached hydrogens (tertiary/aromatic N) is 1. The average Bonchev–Trinajstić information content (AvgIpc) is 3.10. The number of rotatable bonds is 5. The Morgan fingerprint density at radius 1 is 1.47 bits per heavy atom. The van der Waals surface area contributed by atoms with Crippen molar-refractivity contribution < 1.29 is 9.90 Å². The minimum Gasteiger partial charge on any atom is -0.399 e. The largest absolute Gasteiger partial charge is 0.399 e. The molecule has 5 N–H and O–H groups in total. The molecule has 0 aliphatic heterocycles. The standard InChI is InChI=1S/C12H17N3O2/c13-8-1-4-11(10(7-8)12(14)17)15(5-6-16)9-2-3-9/h1,4,7,9,16H,2-3,5-6,13H2,(H2,14,17). The van der Waals surface area contributed by atoms with Crippen molar-refractivity contribution in [1.82, 2.24) is 0 Å². The first-order chi connectivity index (χ1) is 8.13. The van der Waals surface area contributed by atoms with Gasteiger partial charge in [-0.3, -0.25) is 4.79 Å². The van der Waals surface area contributed by atoms with Crippen molar-refractivity contribution in [2.45, 2.75) is 18.9 Å². The zero-order valence-electron chi connectivity index (χ0n) is 9.60. The van der Waals surface area contributed by atoms with E-state index in [-0.39, 0.29) is 6.61 Å². The summed E-state index contributed by atoms with van der Waals surface area (Å²) in [6, 6.07) is 5.53. The van der Waals surface area contributed by atoms with Crippen LogP contribution in [0.4, 0.5) is 11.4 Å². The van der Waals surface area contributed by atoms with Crippen molar-refractivity contribution in [3.05, 3.63) is 23.8 Å². The molecule has 2 rings (SSSR count). The first-order valence-electron chi connectivity index (χ1n) is 5.70. The van der Waals surface area contributed by atoms with Gasteiger partial charge in [0.2, 0.25) is 0 Å². The lowest BCUT2D eigenvalue weighted by Crippen LogP contribution is -2.31. The summed E-state index contributed by atoms with van der Waals surface area (Å²) in [5.41, 5.74) is 12.7. The number of anilines is 2. The fourth-order valence-electron chi connectivity index (χ4n) is 2.00. The normalized spacial score (nSPS) is 14.6. The van der Waals surface area contributed by atoms with Crippen LogP contribution in [0.3, 0.4) is 0 Å². The number of aliphatic hydroxyl groups is 1. The van der Waals surface area contributed by atoms with Gasteiger partial charge in [0.1, 0.15) is 0 Å². The second-order valence-corrected chi connectivity index (χ2v) is 4.29. The highest BCUT2D eigenvalue weighted by atomic mass is 16.3. The van der Waals surface area contributed by atoms with E-state index in [1.165, 1.54) is 0 Å². The number of primary amides is 1. The van der Waals surface area contributed by atoms with Crippen LogP contribution in [0.25, 0.3) is 0 Å². The van der Waals surface area contributed by atoms with Crippen LogP contribution >= 0.6 is 0 Å². The van der Waals surface area contributed by atoms with Crippen molar-refractivity contribution >= 4 is 17.3 Å². The van der Waals surface area contributed by atoms with E-state index >= 15 is 0 Å². The number of aliphatic hydroxyl groups excluding tert-OH is 1. The second-order valence-electron chi connectivity index (χ2n) is 4.29. The van der Waals surface area contributed by atoms with Crippen molar-refractivity contribution in [2.24, 2.45) is 5.73 Å². The summed E-state index contributed by atoms with van der Waals surface area (Å²) in [5, 5.41) is 9.08. The van der Waals surface area contributed by atoms with Crippen molar-refractivity contribution in [1.29, 1.82) is 0 Å². The maximum Gasteiger partial charge on any atom is 0.250 e. The van der Waals surface area contributed by atoms with E-state index in [1.807, 2.05) is 4.90 Å². The molecule has 1 aromatic carbocycles. The van der Waals surface area contributed by atoms with Crippen LogP contribution in [0.1, 0.15) is 23.2 Å². The Hall–Kier alpha value is -1.75. The first-order valence-corrected chi connectivity index (χ1v) is 5.70. The predicted molar refractivity (Wildman–Crippen MR) is 66.8 cm³/mol. The van der Waals surface area contributed by atoms with Crippen LogP contribution in [0, 0.1) is 0 Å². The summed E-state index contributed by atoms with van der Waals surface area (Å²) in [6.07, 6.45) is 2.17. The summed E-state index contributed by atoms with van der Waals surface area (Å²) >= 11 is 0. The van der Waals surface area contributed by atoms with Gasteiger partial charge in [-0.15, -0.1) is 0 Å². The molecule has 1 aliphatic carbocycles. The summed E-state index contributed by atoms with van der Waals surface area (Å²) in [5.74, 6) is -0.490. The summed E-state index contributed by atoms with van der Waals surface area (Å²) in [4.78, 5) is 13.4. The van der Waals surface area contributed by atoms with Crippen LogP contribution in [0.15, 0.2) is 18.2 Å². The van der Waals surface area contributed by atoms with Gasteiger partial charge in [-0.05, 0) is 31.0 Å². The maximum absolute atomic E-state index is 11.4. The second kappa shape index (κ2) is 4.63. The molecule has 0 radical (unpaired) electrons. The summed E-state index contributed by atoms with van der Waals surface area (Å²) in [6.45, 7) is 0.563. The van der Waals surface area contributed by atoms with Gasteiger partial charge in [-0.1, -0.05) is 0 Å². The van der Waals surface area contributed by atoms with E-state index in [2.05, 4.69) is 0 Å². The lowest BCUT2D eigenvalue weighted by atomic mass is 10.1. The quantitative estimate of drug-likeness (QED) is 0.641. The Labute approximate surface area is 100 Å². The molecule has 0 aromatic heterocycles. The first kappa shape index (κ1) is 11.7. The molecule has 5 nitrogen and oxygen atoms in total. The molecule has 0 spiro atoms. The molecule has 1 saturated carbocycles. The number of hydrogen-bond donors (Lipinski definition) is 3. The van der Waals surface area contributed by atoms with Gasteiger partial charge in [0.15, 0.2) is 0 Å². The van der Waals surface area contributed by atoms with Gasteiger partial charge >= 0.3 is 0 Å². The number of carbonyl (C=O) groups is 1. The molecule has 0 saturated heterocycles. The highest BCUT2D eigenvalue weighted by Gasteiger charge is 2.30. The molecule has 92 valence electrons. The zero-order valence-corrected chi connectivity index (χ0v) is 9.60. The number of benzene rings is 1. The van der Waals surface area contributed by atoms with Crippen molar-refractivity contribution in [3.8, 4) is 0 Å². The zero-order chi connectivity index (χ0) is 12.4. The Morgan fingerprint density at radius 3 is 2.71 bits per heavy atom. The average molecular weight is 235 g/mol. The molecule has 0 bridgehead atoms. The fourth-order valence-corrected chi connectivity index (χ4v) is 2.00. The van der Waals surface area contributed by atoms with Crippen LogP contribution < -0.4 is 16.4 Å². The Bertz CT molecular complexity index is 430. The van der Waals surface area contributed by atoms with E-state index in [0.29, 0.717) is 23.8 Å². The smallest absolute Gasteiger partial charge is 0.250 e. The number of carbonyl (C=O) groups excluding carboxylic acids is 1. The van der Waals surface area contributed by atoms with Gasteiger partial charge in [-0.25, -0.2) is 0 Å². The third-order valence-electron chi connectivity index (χ3n) is 2.92. The Morgan fingerprint density at radius 2 is 2.18 bits per heavy atom. The molecule has 1 aliphatic rings. The lowest BCUT2D eigenvalue weighted by molar-refractivity contribution is 0.100. The van der Waals surface area contributed by atoms with Crippen molar-refractivity contribution in [2.75, 3.05) is 23.8 Å².